The van der Waals surface area contributed by atoms with Crippen LogP contribution in [0.15, 0.2) is 18.2 Å². The summed E-state index contributed by atoms with van der Waals surface area (Å²) in [6.07, 6.45) is 1.17. The molecule has 1 unspecified atom stereocenters. The summed E-state index contributed by atoms with van der Waals surface area (Å²) >= 11 is 0. The minimum atomic E-state index is -0.0347. The lowest BCUT2D eigenvalue weighted by molar-refractivity contribution is 0.0980. The highest BCUT2D eigenvalue weighted by atomic mass is 16.6. The van der Waals surface area contributed by atoms with Gasteiger partial charge in [-0.2, -0.15) is 0 Å². The number of nitrogens with two attached hydrogens (primary N) is 1. The zero-order chi connectivity index (χ0) is 13.7. The Bertz CT molecular complexity index is 441. The van der Waals surface area contributed by atoms with Crippen LogP contribution in [0, 0.1) is 0 Å². The Morgan fingerprint density at radius 3 is 3.00 bits per heavy atom. The van der Waals surface area contributed by atoms with Crippen molar-refractivity contribution in [3.63, 3.8) is 0 Å². The van der Waals surface area contributed by atoms with E-state index in [1.54, 1.807) is 18.2 Å². The molecule has 1 atom stereocenters. The Hall–Kier alpha value is -1.59. The number of Topliss-reactive ketones (excluding diaryl/α,β-unsaturated/α-hetero) is 1. The molecule has 0 amide bonds. The van der Waals surface area contributed by atoms with Crippen molar-refractivity contribution >= 4 is 5.78 Å². The van der Waals surface area contributed by atoms with Crippen molar-refractivity contribution in [3.8, 4) is 11.5 Å². The van der Waals surface area contributed by atoms with Crippen LogP contribution in [0.5, 0.6) is 11.5 Å². The standard InChI is InChI=1S/C14H19NO4/c1-17-14-11(12(16)5-7-15)3-2-4-13(14)19-10-6-8-18-9-10/h2-4,10H,5-9,15H2,1H3. The van der Waals surface area contributed by atoms with Gasteiger partial charge in [-0.3, -0.25) is 4.79 Å². The van der Waals surface area contributed by atoms with Gasteiger partial charge in [-0.05, 0) is 18.7 Å². The highest BCUT2D eigenvalue weighted by molar-refractivity contribution is 5.99. The molecule has 1 aromatic rings. The summed E-state index contributed by atoms with van der Waals surface area (Å²) in [6.45, 7) is 1.60. The molecule has 1 aromatic carbocycles. The molecule has 0 saturated carbocycles. The monoisotopic (exact) mass is 265 g/mol. The summed E-state index contributed by atoms with van der Waals surface area (Å²) in [6, 6.07) is 5.32. The fourth-order valence-electron chi connectivity index (χ4n) is 2.09. The highest BCUT2D eigenvalue weighted by Gasteiger charge is 2.21. The molecule has 1 aliphatic heterocycles. The summed E-state index contributed by atoms with van der Waals surface area (Å²) in [5, 5.41) is 0. The number of hydrogen-bond donors (Lipinski definition) is 1. The van der Waals surface area contributed by atoms with Crippen LogP contribution in [0.4, 0.5) is 0 Å². The number of methoxy groups -OCH3 is 1. The van der Waals surface area contributed by atoms with Gasteiger partial charge in [0.25, 0.3) is 0 Å². The van der Waals surface area contributed by atoms with Crippen molar-refractivity contribution in [2.45, 2.75) is 18.9 Å². The predicted molar refractivity (Wildman–Crippen MR) is 70.8 cm³/mol. The zero-order valence-electron chi connectivity index (χ0n) is 11.1. The number of ketones is 1. The summed E-state index contributed by atoms with van der Waals surface area (Å²) < 4.78 is 16.4. The molecular weight excluding hydrogens is 246 g/mol. The third-order valence-electron chi connectivity index (χ3n) is 3.04. The van der Waals surface area contributed by atoms with Crippen molar-refractivity contribution in [2.75, 3.05) is 26.9 Å². The number of carbonyl (C=O) groups excluding carboxylic acids is 1. The van der Waals surface area contributed by atoms with Crippen LogP contribution in [0.2, 0.25) is 0 Å². The third-order valence-corrected chi connectivity index (χ3v) is 3.04. The van der Waals surface area contributed by atoms with E-state index >= 15 is 0 Å². The molecule has 1 fully saturated rings. The SMILES string of the molecule is COc1c(OC2CCOC2)cccc1C(=O)CCN. The summed E-state index contributed by atoms with van der Waals surface area (Å²) in [4.78, 5) is 12.0. The molecule has 0 aliphatic carbocycles. The van der Waals surface area contributed by atoms with E-state index < -0.39 is 0 Å². The van der Waals surface area contributed by atoms with Crippen molar-refractivity contribution < 1.29 is 19.0 Å². The van der Waals surface area contributed by atoms with Crippen molar-refractivity contribution in [1.82, 2.24) is 0 Å². The van der Waals surface area contributed by atoms with Gasteiger partial charge in [0.15, 0.2) is 17.3 Å². The van der Waals surface area contributed by atoms with Crippen LogP contribution < -0.4 is 15.2 Å². The fraction of sp³-hybridized carbons (Fsp3) is 0.500. The maximum Gasteiger partial charge on any atom is 0.171 e. The Labute approximate surface area is 112 Å². The third kappa shape index (κ3) is 3.24. The van der Waals surface area contributed by atoms with Gasteiger partial charge in [0, 0.05) is 12.8 Å². The lowest BCUT2D eigenvalue weighted by atomic mass is 10.1. The molecule has 1 heterocycles. The molecular formula is C14H19NO4. The van der Waals surface area contributed by atoms with E-state index in [9.17, 15) is 4.79 Å². The zero-order valence-corrected chi connectivity index (χ0v) is 11.1. The number of ether oxygens (including phenoxy) is 3. The van der Waals surface area contributed by atoms with Crippen LogP contribution >= 0.6 is 0 Å². The predicted octanol–water partition coefficient (Wildman–Crippen LogP) is 1.39. The van der Waals surface area contributed by atoms with E-state index in [-0.39, 0.29) is 11.9 Å². The van der Waals surface area contributed by atoms with Gasteiger partial charge in [0.05, 0.1) is 25.9 Å². The second-order valence-corrected chi connectivity index (χ2v) is 4.40. The maximum atomic E-state index is 12.0. The first kappa shape index (κ1) is 13.8. The number of hydrogen-bond acceptors (Lipinski definition) is 5. The molecule has 5 heteroatoms. The Kier molecular flexibility index (Phi) is 4.76. The van der Waals surface area contributed by atoms with E-state index in [4.69, 9.17) is 19.9 Å². The first-order chi connectivity index (χ1) is 9.26. The second-order valence-electron chi connectivity index (χ2n) is 4.40. The van der Waals surface area contributed by atoms with Gasteiger partial charge in [0.2, 0.25) is 0 Å². The molecule has 1 aliphatic rings. The second kappa shape index (κ2) is 6.54. The smallest absolute Gasteiger partial charge is 0.171 e. The van der Waals surface area contributed by atoms with Crippen molar-refractivity contribution in [2.24, 2.45) is 5.73 Å². The van der Waals surface area contributed by atoms with Crippen LogP contribution in [0.3, 0.4) is 0 Å². The lowest BCUT2D eigenvalue weighted by Crippen LogP contribution is -2.17. The number of rotatable bonds is 6. The largest absolute Gasteiger partial charge is 0.492 e. The van der Waals surface area contributed by atoms with Crippen LogP contribution in [0.25, 0.3) is 0 Å². The first-order valence-corrected chi connectivity index (χ1v) is 6.41. The summed E-state index contributed by atoms with van der Waals surface area (Å²) in [7, 11) is 1.53. The number of para-hydroxylation sites is 1. The molecule has 1 saturated heterocycles. The van der Waals surface area contributed by atoms with Crippen molar-refractivity contribution in [3.05, 3.63) is 23.8 Å². The molecule has 19 heavy (non-hydrogen) atoms. The minimum absolute atomic E-state index is 0.0220. The van der Waals surface area contributed by atoms with E-state index in [0.717, 1.165) is 6.42 Å². The van der Waals surface area contributed by atoms with Crippen molar-refractivity contribution in [1.29, 1.82) is 0 Å². The van der Waals surface area contributed by atoms with Crippen LogP contribution in [-0.2, 0) is 4.74 Å². The molecule has 2 N–H and O–H groups in total. The normalized spacial score (nSPS) is 18.3. The molecule has 0 aromatic heterocycles. The Morgan fingerprint density at radius 1 is 1.53 bits per heavy atom. The van der Waals surface area contributed by atoms with Crippen LogP contribution in [0.1, 0.15) is 23.2 Å². The average Bonchev–Trinajstić information content (AvgIpc) is 2.91. The van der Waals surface area contributed by atoms with Crippen LogP contribution in [-0.4, -0.2) is 38.8 Å². The van der Waals surface area contributed by atoms with E-state index in [1.165, 1.54) is 7.11 Å². The van der Waals surface area contributed by atoms with E-state index in [0.29, 0.717) is 43.2 Å². The minimum Gasteiger partial charge on any atom is -0.492 e. The molecule has 0 radical (unpaired) electrons. The first-order valence-electron chi connectivity index (χ1n) is 6.41. The number of carbonyl (C=O) groups is 1. The molecule has 2 rings (SSSR count). The van der Waals surface area contributed by atoms with Gasteiger partial charge in [-0.25, -0.2) is 0 Å². The maximum absolute atomic E-state index is 12.0. The average molecular weight is 265 g/mol. The number of benzene rings is 1. The van der Waals surface area contributed by atoms with Gasteiger partial charge >= 0.3 is 0 Å². The molecule has 0 bridgehead atoms. The Morgan fingerprint density at radius 2 is 2.37 bits per heavy atom. The molecule has 104 valence electrons. The fourth-order valence-corrected chi connectivity index (χ4v) is 2.09. The summed E-state index contributed by atoms with van der Waals surface area (Å²) in [5.41, 5.74) is 5.94. The van der Waals surface area contributed by atoms with Gasteiger partial charge < -0.3 is 19.9 Å². The molecule has 0 spiro atoms. The van der Waals surface area contributed by atoms with Gasteiger partial charge in [-0.1, -0.05) is 6.07 Å². The van der Waals surface area contributed by atoms with Gasteiger partial charge in [0.1, 0.15) is 6.10 Å². The highest BCUT2D eigenvalue weighted by Crippen LogP contribution is 2.33. The quantitative estimate of drug-likeness (QED) is 0.787. The van der Waals surface area contributed by atoms with E-state index in [2.05, 4.69) is 0 Å². The summed E-state index contributed by atoms with van der Waals surface area (Å²) in [5.74, 6) is 1.03. The van der Waals surface area contributed by atoms with Gasteiger partial charge in [-0.15, -0.1) is 0 Å². The molecule has 5 nitrogen and oxygen atoms in total. The Balaban J connectivity index is 2.22. The lowest BCUT2D eigenvalue weighted by Gasteiger charge is -2.16. The van der Waals surface area contributed by atoms with E-state index in [1.807, 2.05) is 0 Å². The topological polar surface area (TPSA) is 70.8 Å².